The molecule has 112 valence electrons. The average molecular weight is 281 g/mol. The van der Waals surface area contributed by atoms with Gasteiger partial charge >= 0.3 is 6.09 Å². The van der Waals surface area contributed by atoms with Gasteiger partial charge in [0.1, 0.15) is 11.4 Å². The number of rotatable bonds is 2. The highest BCUT2D eigenvalue weighted by Crippen LogP contribution is 2.30. The second-order valence-electron chi connectivity index (χ2n) is 6.03. The Morgan fingerprint density at radius 3 is 2.85 bits per heavy atom. The van der Waals surface area contributed by atoms with Crippen LogP contribution in [0.5, 0.6) is 0 Å². The summed E-state index contributed by atoms with van der Waals surface area (Å²) in [5, 5.41) is 6.97. The van der Waals surface area contributed by atoms with Crippen molar-refractivity contribution in [3.05, 3.63) is 11.6 Å². The molecule has 0 bridgehead atoms. The van der Waals surface area contributed by atoms with Crippen LogP contribution in [0.3, 0.4) is 0 Å². The number of nitrogens with one attached hydrogen (secondary N) is 1. The number of piperidine rings is 1. The number of carbonyl (C=O) groups excluding carboxylic acids is 1. The Kier molecular flexibility index (Phi) is 4.27. The minimum absolute atomic E-state index is 0.129. The first kappa shape index (κ1) is 14.8. The largest absolute Gasteiger partial charge is 0.444 e. The van der Waals surface area contributed by atoms with Crippen LogP contribution >= 0.6 is 0 Å². The molecule has 3 N–H and O–H groups in total. The molecule has 7 heteroatoms. The molecule has 1 amide bonds. The van der Waals surface area contributed by atoms with Gasteiger partial charge in [0.05, 0.1) is 12.6 Å². The lowest BCUT2D eigenvalue weighted by Gasteiger charge is -2.35. The highest BCUT2D eigenvalue weighted by molar-refractivity contribution is 5.68. The Morgan fingerprint density at radius 2 is 2.25 bits per heavy atom. The first-order chi connectivity index (χ1) is 9.40. The van der Waals surface area contributed by atoms with Gasteiger partial charge in [0.15, 0.2) is 5.82 Å². The molecule has 0 aromatic carbocycles. The van der Waals surface area contributed by atoms with E-state index in [1.807, 2.05) is 20.8 Å². The number of H-pyrrole nitrogens is 1. The Labute approximate surface area is 118 Å². The minimum Gasteiger partial charge on any atom is -0.444 e. The molecule has 0 aliphatic carbocycles. The van der Waals surface area contributed by atoms with E-state index < -0.39 is 5.60 Å². The summed E-state index contributed by atoms with van der Waals surface area (Å²) in [6, 6.07) is -0.129. The van der Waals surface area contributed by atoms with Crippen LogP contribution in [0.4, 0.5) is 4.79 Å². The molecule has 20 heavy (non-hydrogen) atoms. The SMILES string of the molecule is CC(C)(C)OC(=O)N1CCCC[C@H]1c1n[nH]c(CN)n1. The van der Waals surface area contributed by atoms with Gasteiger partial charge in [-0.05, 0) is 40.0 Å². The maximum atomic E-state index is 12.3. The Morgan fingerprint density at radius 1 is 1.50 bits per heavy atom. The van der Waals surface area contributed by atoms with E-state index in [4.69, 9.17) is 10.5 Å². The zero-order valence-corrected chi connectivity index (χ0v) is 12.3. The summed E-state index contributed by atoms with van der Waals surface area (Å²) >= 11 is 0. The van der Waals surface area contributed by atoms with Gasteiger partial charge < -0.3 is 10.5 Å². The van der Waals surface area contributed by atoms with E-state index in [1.165, 1.54) is 0 Å². The monoisotopic (exact) mass is 281 g/mol. The van der Waals surface area contributed by atoms with Crippen LogP contribution in [0.25, 0.3) is 0 Å². The molecule has 1 aliphatic rings. The van der Waals surface area contributed by atoms with Crippen molar-refractivity contribution in [1.82, 2.24) is 20.1 Å². The number of aromatic nitrogens is 3. The van der Waals surface area contributed by atoms with Gasteiger partial charge in [-0.25, -0.2) is 9.78 Å². The standard InChI is InChI=1S/C13H23N5O2/c1-13(2,3)20-12(19)18-7-5-4-6-9(18)11-15-10(8-14)16-17-11/h9H,4-8,14H2,1-3H3,(H,15,16,17)/t9-/m0/s1. The van der Waals surface area contributed by atoms with Crippen LogP contribution < -0.4 is 5.73 Å². The van der Waals surface area contributed by atoms with Crippen molar-refractivity contribution in [2.24, 2.45) is 5.73 Å². The van der Waals surface area contributed by atoms with Gasteiger partial charge in [0.2, 0.25) is 0 Å². The third-order valence-electron chi connectivity index (χ3n) is 3.17. The molecule has 0 spiro atoms. The molecule has 1 saturated heterocycles. The second-order valence-corrected chi connectivity index (χ2v) is 6.03. The number of hydrogen-bond donors (Lipinski definition) is 2. The number of ether oxygens (including phenoxy) is 1. The number of nitrogens with two attached hydrogens (primary N) is 1. The minimum atomic E-state index is -0.500. The fourth-order valence-corrected chi connectivity index (χ4v) is 2.29. The molecule has 1 aliphatic heterocycles. The van der Waals surface area contributed by atoms with Gasteiger partial charge in [-0.2, -0.15) is 5.10 Å². The topological polar surface area (TPSA) is 97.1 Å². The molecule has 0 radical (unpaired) electrons. The Hall–Kier alpha value is -1.63. The molecular formula is C13H23N5O2. The van der Waals surface area contributed by atoms with Crippen LogP contribution in [0.2, 0.25) is 0 Å². The van der Waals surface area contributed by atoms with E-state index >= 15 is 0 Å². The van der Waals surface area contributed by atoms with Crippen molar-refractivity contribution < 1.29 is 9.53 Å². The zero-order valence-electron chi connectivity index (χ0n) is 12.3. The van der Waals surface area contributed by atoms with E-state index in [-0.39, 0.29) is 12.1 Å². The summed E-state index contributed by atoms with van der Waals surface area (Å²) in [6.07, 6.45) is 2.57. The molecule has 0 saturated carbocycles. The summed E-state index contributed by atoms with van der Waals surface area (Å²) in [7, 11) is 0. The number of likely N-dealkylation sites (tertiary alicyclic amines) is 1. The first-order valence-electron chi connectivity index (χ1n) is 7.01. The number of nitrogens with zero attached hydrogens (tertiary/aromatic N) is 3. The fourth-order valence-electron chi connectivity index (χ4n) is 2.29. The highest BCUT2D eigenvalue weighted by Gasteiger charge is 2.33. The maximum Gasteiger partial charge on any atom is 0.410 e. The summed E-state index contributed by atoms with van der Waals surface area (Å²) in [5.41, 5.74) is 5.03. The van der Waals surface area contributed by atoms with Gasteiger partial charge in [-0.3, -0.25) is 10.00 Å². The summed E-state index contributed by atoms with van der Waals surface area (Å²) < 4.78 is 5.46. The first-order valence-corrected chi connectivity index (χ1v) is 7.01. The number of aromatic amines is 1. The Balaban J connectivity index is 2.14. The molecule has 2 rings (SSSR count). The molecule has 1 atom stereocenters. The van der Waals surface area contributed by atoms with Crippen LogP contribution in [0.15, 0.2) is 0 Å². The number of amides is 1. The van der Waals surface area contributed by atoms with Crippen LogP contribution in [-0.2, 0) is 11.3 Å². The Bertz CT molecular complexity index is 466. The molecule has 1 aromatic heterocycles. The predicted molar refractivity (Wildman–Crippen MR) is 73.8 cm³/mol. The number of hydrogen-bond acceptors (Lipinski definition) is 5. The molecular weight excluding hydrogens is 258 g/mol. The average Bonchev–Trinajstić information content (AvgIpc) is 2.85. The van der Waals surface area contributed by atoms with Gasteiger partial charge in [0, 0.05) is 6.54 Å². The van der Waals surface area contributed by atoms with E-state index in [1.54, 1.807) is 4.90 Å². The quantitative estimate of drug-likeness (QED) is 0.860. The number of carbonyl (C=O) groups is 1. The normalized spacial score (nSPS) is 20.0. The van der Waals surface area contributed by atoms with Crippen LogP contribution in [-0.4, -0.2) is 38.3 Å². The van der Waals surface area contributed by atoms with Gasteiger partial charge in [-0.1, -0.05) is 0 Å². The lowest BCUT2D eigenvalue weighted by atomic mass is 10.0. The highest BCUT2D eigenvalue weighted by atomic mass is 16.6. The van der Waals surface area contributed by atoms with Crippen molar-refractivity contribution in [2.75, 3.05) is 6.54 Å². The summed E-state index contributed by atoms with van der Waals surface area (Å²) in [5.74, 6) is 1.26. The smallest absolute Gasteiger partial charge is 0.410 e. The van der Waals surface area contributed by atoms with E-state index in [0.717, 1.165) is 19.3 Å². The van der Waals surface area contributed by atoms with Gasteiger partial charge in [0.25, 0.3) is 0 Å². The second kappa shape index (κ2) is 5.78. The molecule has 1 aromatic rings. The van der Waals surface area contributed by atoms with E-state index in [0.29, 0.717) is 24.7 Å². The van der Waals surface area contributed by atoms with Gasteiger partial charge in [-0.15, -0.1) is 0 Å². The molecule has 2 heterocycles. The molecule has 0 unspecified atom stereocenters. The maximum absolute atomic E-state index is 12.3. The van der Waals surface area contributed by atoms with Crippen LogP contribution in [0, 0.1) is 0 Å². The summed E-state index contributed by atoms with van der Waals surface area (Å²) in [6.45, 7) is 6.58. The van der Waals surface area contributed by atoms with Crippen LogP contribution in [0.1, 0.15) is 57.7 Å². The zero-order chi connectivity index (χ0) is 14.8. The van der Waals surface area contributed by atoms with Crippen molar-refractivity contribution >= 4 is 6.09 Å². The van der Waals surface area contributed by atoms with E-state index in [2.05, 4.69) is 15.2 Å². The lowest BCUT2D eigenvalue weighted by Crippen LogP contribution is -2.42. The fraction of sp³-hybridized carbons (Fsp3) is 0.769. The molecule has 1 fully saturated rings. The summed E-state index contributed by atoms with van der Waals surface area (Å²) in [4.78, 5) is 18.3. The molecule has 7 nitrogen and oxygen atoms in total. The van der Waals surface area contributed by atoms with Crippen molar-refractivity contribution in [2.45, 2.75) is 58.2 Å². The van der Waals surface area contributed by atoms with Crippen molar-refractivity contribution in [3.8, 4) is 0 Å². The van der Waals surface area contributed by atoms with Crippen molar-refractivity contribution in [3.63, 3.8) is 0 Å². The van der Waals surface area contributed by atoms with Crippen molar-refractivity contribution in [1.29, 1.82) is 0 Å². The lowest BCUT2D eigenvalue weighted by molar-refractivity contribution is 0.00848. The third kappa shape index (κ3) is 3.47. The van der Waals surface area contributed by atoms with E-state index in [9.17, 15) is 4.79 Å². The third-order valence-corrected chi connectivity index (χ3v) is 3.17. The predicted octanol–water partition coefficient (Wildman–Crippen LogP) is 1.73.